The van der Waals surface area contributed by atoms with Crippen LogP contribution in [0, 0.1) is 19.8 Å². The van der Waals surface area contributed by atoms with Gasteiger partial charge in [-0.2, -0.15) is 0 Å². The third-order valence-corrected chi connectivity index (χ3v) is 6.49. The van der Waals surface area contributed by atoms with E-state index in [2.05, 4.69) is 25.8 Å². The molecule has 1 aliphatic heterocycles. The SMILES string of the molecule is CCc1nnc(NC(=O)C2CCCN(CC(=O)Nc3nc(C)c(C)s3)C2)s1. The Morgan fingerprint density at radius 2 is 2.00 bits per heavy atom. The second-order valence-electron chi connectivity index (χ2n) is 6.63. The maximum Gasteiger partial charge on any atom is 0.240 e. The van der Waals surface area contributed by atoms with Crippen LogP contribution < -0.4 is 10.6 Å². The third-order valence-electron chi connectivity index (χ3n) is 4.52. The second-order valence-corrected chi connectivity index (χ2v) is 8.89. The minimum absolute atomic E-state index is 0.0508. The number of aryl methyl sites for hydroxylation is 3. The van der Waals surface area contributed by atoms with Crippen molar-refractivity contribution in [2.45, 2.75) is 40.0 Å². The first-order valence-corrected chi connectivity index (χ1v) is 10.7. The minimum atomic E-state index is -0.148. The van der Waals surface area contributed by atoms with Gasteiger partial charge in [0.1, 0.15) is 5.01 Å². The molecule has 1 atom stereocenters. The monoisotopic (exact) mass is 408 g/mol. The normalized spacial score (nSPS) is 17.7. The van der Waals surface area contributed by atoms with E-state index in [1.54, 1.807) is 0 Å². The maximum atomic E-state index is 12.5. The standard InChI is InChI=1S/C17H24N6O2S2/c1-4-14-21-22-17(27-14)20-15(25)12-6-5-7-23(8-12)9-13(24)19-16-18-10(2)11(3)26-16/h12H,4-9H2,1-3H3,(H,18,19,24)(H,20,22,25). The number of aromatic nitrogens is 3. The summed E-state index contributed by atoms with van der Waals surface area (Å²) in [5.41, 5.74) is 0.938. The first-order valence-electron chi connectivity index (χ1n) is 9.04. The molecule has 0 spiro atoms. The van der Waals surface area contributed by atoms with Crippen LogP contribution in [0.4, 0.5) is 10.3 Å². The van der Waals surface area contributed by atoms with E-state index in [0.717, 1.165) is 41.4 Å². The Morgan fingerprint density at radius 3 is 2.67 bits per heavy atom. The maximum absolute atomic E-state index is 12.5. The van der Waals surface area contributed by atoms with Crippen molar-refractivity contribution < 1.29 is 9.59 Å². The molecule has 3 rings (SSSR count). The molecule has 0 saturated carbocycles. The smallest absolute Gasteiger partial charge is 0.240 e. The molecular formula is C17H24N6O2S2. The number of carbonyl (C=O) groups is 2. The first kappa shape index (κ1) is 19.8. The van der Waals surface area contributed by atoms with Crippen molar-refractivity contribution >= 4 is 44.8 Å². The molecule has 1 unspecified atom stereocenters. The number of anilines is 2. The van der Waals surface area contributed by atoms with E-state index < -0.39 is 0 Å². The highest BCUT2D eigenvalue weighted by atomic mass is 32.1. The molecule has 3 heterocycles. The van der Waals surface area contributed by atoms with Crippen LogP contribution >= 0.6 is 22.7 Å². The third kappa shape index (κ3) is 5.30. The molecule has 1 saturated heterocycles. The summed E-state index contributed by atoms with van der Waals surface area (Å²) in [7, 11) is 0. The van der Waals surface area contributed by atoms with E-state index in [-0.39, 0.29) is 24.3 Å². The molecule has 10 heteroatoms. The zero-order valence-electron chi connectivity index (χ0n) is 15.7. The van der Waals surface area contributed by atoms with Crippen LogP contribution in [0.15, 0.2) is 0 Å². The van der Waals surface area contributed by atoms with E-state index in [1.807, 2.05) is 25.7 Å². The van der Waals surface area contributed by atoms with E-state index in [1.165, 1.54) is 22.7 Å². The highest BCUT2D eigenvalue weighted by molar-refractivity contribution is 7.16. The molecule has 1 aliphatic rings. The van der Waals surface area contributed by atoms with Gasteiger partial charge in [-0.1, -0.05) is 18.3 Å². The van der Waals surface area contributed by atoms with Crippen LogP contribution in [0.25, 0.3) is 0 Å². The molecule has 0 aromatic carbocycles. The number of rotatable bonds is 6. The van der Waals surface area contributed by atoms with Crippen LogP contribution in [0.2, 0.25) is 0 Å². The predicted octanol–water partition coefficient (Wildman–Crippen LogP) is 2.46. The van der Waals surface area contributed by atoms with Crippen LogP contribution in [0.3, 0.4) is 0 Å². The summed E-state index contributed by atoms with van der Waals surface area (Å²) in [6, 6.07) is 0. The van der Waals surface area contributed by atoms with Gasteiger partial charge in [0, 0.05) is 11.4 Å². The Bertz CT molecular complexity index is 799. The van der Waals surface area contributed by atoms with Gasteiger partial charge in [0.05, 0.1) is 18.2 Å². The first-order chi connectivity index (χ1) is 12.9. The molecule has 27 heavy (non-hydrogen) atoms. The number of piperidine rings is 1. The Morgan fingerprint density at radius 1 is 1.19 bits per heavy atom. The molecule has 2 amide bonds. The Balaban J connectivity index is 1.50. The lowest BCUT2D eigenvalue weighted by Crippen LogP contribution is -2.43. The molecule has 0 bridgehead atoms. The number of hydrogen-bond acceptors (Lipinski definition) is 8. The van der Waals surface area contributed by atoms with Crippen molar-refractivity contribution in [1.29, 1.82) is 0 Å². The summed E-state index contributed by atoms with van der Waals surface area (Å²) in [6.07, 6.45) is 2.50. The van der Waals surface area contributed by atoms with E-state index >= 15 is 0 Å². The molecule has 2 N–H and O–H groups in total. The van der Waals surface area contributed by atoms with E-state index in [0.29, 0.717) is 16.8 Å². The van der Waals surface area contributed by atoms with Gasteiger partial charge in [-0.15, -0.1) is 21.5 Å². The van der Waals surface area contributed by atoms with Crippen LogP contribution in [0.1, 0.15) is 35.3 Å². The summed E-state index contributed by atoms with van der Waals surface area (Å²) in [5, 5.41) is 15.8. The predicted molar refractivity (Wildman–Crippen MR) is 107 cm³/mol. The van der Waals surface area contributed by atoms with Gasteiger partial charge in [0.15, 0.2) is 5.13 Å². The van der Waals surface area contributed by atoms with Crippen LogP contribution in [-0.2, 0) is 16.0 Å². The highest BCUT2D eigenvalue weighted by Gasteiger charge is 2.27. The molecule has 1 fully saturated rings. The van der Waals surface area contributed by atoms with Crippen molar-refractivity contribution in [3.63, 3.8) is 0 Å². The van der Waals surface area contributed by atoms with E-state index in [4.69, 9.17) is 0 Å². The van der Waals surface area contributed by atoms with Gasteiger partial charge >= 0.3 is 0 Å². The summed E-state index contributed by atoms with van der Waals surface area (Å²) in [6.45, 7) is 7.56. The van der Waals surface area contributed by atoms with Crippen molar-refractivity contribution in [3.8, 4) is 0 Å². The van der Waals surface area contributed by atoms with E-state index in [9.17, 15) is 9.59 Å². The average Bonchev–Trinajstić information content (AvgIpc) is 3.21. The van der Waals surface area contributed by atoms with Gasteiger partial charge in [-0.3, -0.25) is 14.5 Å². The molecular weight excluding hydrogens is 384 g/mol. The second kappa shape index (κ2) is 8.85. The quantitative estimate of drug-likeness (QED) is 0.762. The highest BCUT2D eigenvalue weighted by Crippen LogP contribution is 2.22. The largest absolute Gasteiger partial charge is 0.301 e. The summed E-state index contributed by atoms with van der Waals surface area (Å²) >= 11 is 2.88. The number of hydrogen-bond donors (Lipinski definition) is 2. The minimum Gasteiger partial charge on any atom is -0.301 e. The Hall–Kier alpha value is -1.91. The zero-order chi connectivity index (χ0) is 19.4. The van der Waals surface area contributed by atoms with Gasteiger partial charge in [0.25, 0.3) is 0 Å². The molecule has 8 nitrogen and oxygen atoms in total. The summed E-state index contributed by atoms with van der Waals surface area (Å²) in [5.74, 6) is -0.295. The lowest BCUT2D eigenvalue weighted by atomic mass is 9.97. The lowest BCUT2D eigenvalue weighted by molar-refractivity contribution is -0.123. The van der Waals surface area contributed by atoms with Crippen LogP contribution in [0.5, 0.6) is 0 Å². The molecule has 2 aromatic heterocycles. The number of nitrogens with one attached hydrogen (secondary N) is 2. The molecule has 0 radical (unpaired) electrons. The number of nitrogens with zero attached hydrogens (tertiary/aromatic N) is 4. The lowest BCUT2D eigenvalue weighted by Gasteiger charge is -2.31. The molecule has 2 aromatic rings. The van der Waals surface area contributed by atoms with Gasteiger partial charge in [-0.25, -0.2) is 4.98 Å². The number of likely N-dealkylation sites (tertiary alicyclic amines) is 1. The topological polar surface area (TPSA) is 100 Å². The van der Waals surface area contributed by atoms with Gasteiger partial charge < -0.3 is 10.6 Å². The molecule has 146 valence electrons. The van der Waals surface area contributed by atoms with Gasteiger partial charge in [0.2, 0.25) is 16.9 Å². The fourth-order valence-corrected chi connectivity index (χ4v) is 4.47. The number of amides is 2. The summed E-state index contributed by atoms with van der Waals surface area (Å²) in [4.78, 5) is 32.3. The van der Waals surface area contributed by atoms with Crippen molar-refractivity contribution in [1.82, 2.24) is 20.1 Å². The summed E-state index contributed by atoms with van der Waals surface area (Å²) < 4.78 is 0. The average molecular weight is 409 g/mol. The fourth-order valence-electron chi connectivity index (χ4n) is 2.96. The van der Waals surface area contributed by atoms with Crippen molar-refractivity contribution in [2.75, 3.05) is 30.3 Å². The van der Waals surface area contributed by atoms with Crippen molar-refractivity contribution in [2.24, 2.45) is 5.92 Å². The number of carbonyl (C=O) groups excluding carboxylic acids is 2. The Labute approximate surface area is 166 Å². The Kier molecular flexibility index (Phi) is 6.51. The van der Waals surface area contributed by atoms with Crippen molar-refractivity contribution in [3.05, 3.63) is 15.6 Å². The fraction of sp³-hybridized carbons (Fsp3) is 0.588. The van der Waals surface area contributed by atoms with Gasteiger partial charge in [-0.05, 0) is 39.7 Å². The zero-order valence-corrected chi connectivity index (χ0v) is 17.4. The molecule has 0 aliphatic carbocycles. The van der Waals surface area contributed by atoms with Crippen LogP contribution in [-0.4, -0.2) is 51.5 Å². The number of thiazole rings is 1.